The lowest BCUT2D eigenvalue weighted by Crippen LogP contribution is -2.41. The van der Waals surface area contributed by atoms with Crippen molar-refractivity contribution in [2.24, 2.45) is 0 Å². The summed E-state index contributed by atoms with van der Waals surface area (Å²) >= 11 is 0. The van der Waals surface area contributed by atoms with Crippen LogP contribution in [0.25, 0.3) is 11.6 Å². The molecule has 2 aliphatic rings. The van der Waals surface area contributed by atoms with Gasteiger partial charge >= 0.3 is 6.09 Å². The molecule has 1 fully saturated rings. The molecule has 0 radical (unpaired) electrons. The Hall–Kier alpha value is -3.13. The number of nitrogens with one attached hydrogen (secondary N) is 3. The molecule has 1 aliphatic carbocycles. The maximum Gasteiger partial charge on any atom is 0.412 e. The highest BCUT2D eigenvalue weighted by Gasteiger charge is 2.28. The van der Waals surface area contributed by atoms with Gasteiger partial charge in [-0.3, -0.25) is 4.79 Å². The van der Waals surface area contributed by atoms with Crippen molar-refractivity contribution < 1.29 is 23.8 Å². The molecule has 1 aromatic heterocycles. The van der Waals surface area contributed by atoms with Gasteiger partial charge in [0.15, 0.2) is 5.75 Å². The highest BCUT2D eigenvalue weighted by atomic mass is 19.1. The van der Waals surface area contributed by atoms with Crippen molar-refractivity contribution in [3.8, 4) is 5.75 Å². The van der Waals surface area contributed by atoms with Crippen LogP contribution in [0.15, 0.2) is 18.2 Å². The first kappa shape index (κ1) is 19.2. The standard InChI is InChI=1S/C21H22FN3O4/c1-10-17(9-14-13-8-12(22)6-7-15(13)24-20(14)27)23-11(2)19(10)29-21(28)25-16-4-3-5-18(16)26/h6-9,16,18,23,26H,3-5H2,1-2H3,(H,24,27)(H,25,28)/b14-9-/t16-,18-/m0/s1. The number of hydrogen-bond acceptors (Lipinski definition) is 4. The first-order valence-electron chi connectivity index (χ1n) is 9.52. The van der Waals surface area contributed by atoms with Gasteiger partial charge in [-0.25, -0.2) is 9.18 Å². The van der Waals surface area contributed by atoms with E-state index in [1.54, 1.807) is 19.9 Å². The van der Waals surface area contributed by atoms with E-state index in [-0.39, 0.29) is 11.9 Å². The molecule has 1 saturated carbocycles. The van der Waals surface area contributed by atoms with E-state index in [1.165, 1.54) is 18.2 Å². The Kier molecular flexibility index (Phi) is 4.87. The maximum atomic E-state index is 13.6. The molecule has 29 heavy (non-hydrogen) atoms. The van der Waals surface area contributed by atoms with E-state index in [9.17, 15) is 19.1 Å². The summed E-state index contributed by atoms with van der Waals surface area (Å²) in [5.41, 5.74) is 3.22. The molecule has 2 amide bonds. The fourth-order valence-electron chi connectivity index (χ4n) is 3.88. The largest absolute Gasteiger partial charge is 0.412 e. The summed E-state index contributed by atoms with van der Waals surface area (Å²) in [6.45, 7) is 3.52. The smallest absolute Gasteiger partial charge is 0.408 e. The molecule has 7 nitrogen and oxygen atoms in total. The lowest BCUT2D eigenvalue weighted by atomic mass is 10.0. The number of rotatable bonds is 3. The molecule has 1 aliphatic heterocycles. The normalized spacial score (nSPS) is 21.9. The van der Waals surface area contributed by atoms with Crippen LogP contribution in [0.2, 0.25) is 0 Å². The number of aliphatic hydroxyl groups excluding tert-OH is 1. The van der Waals surface area contributed by atoms with Crippen LogP contribution < -0.4 is 15.4 Å². The molecule has 2 aromatic rings. The molecule has 2 heterocycles. The quantitative estimate of drug-likeness (QED) is 0.595. The zero-order valence-electron chi connectivity index (χ0n) is 16.1. The van der Waals surface area contributed by atoms with E-state index < -0.39 is 18.0 Å². The molecular formula is C21H22FN3O4. The van der Waals surface area contributed by atoms with Crippen LogP contribution in [-0.4, -0.2) is 34.2 Å². The molecular weight excluding hydrogens is 377 g/mol. The summed E-state index contributed by atoms with van der Waals surface area (Å²) in [6.07, 6.45) is 2.66. The van der Waals surface area contributed by atoms with Crippen LogP contribution >= 0.6 is 0 Å². The number of hydrogen-bond donors (Lipinski definition) is 4. The number of carbonyl (C=O) groups is 2. The summed E-state index contributed by atoms with van der Waals surface area (Å²) in [5.74, 6) is -0.396. The van der Waals surface area contributed by atoms with E-state index in [1.807, 2.05) is 0 Å². The SMILES string of the molecule is Cc1[nH]c(/C=C2\C(=O)Nc3ccc(F)cc32)c(C)c1OC(=O)N[C@H]1CCC[C@@H]1O. The number of carbonyl (C=O) groups excluding carboxylic acids is 2. The van der Waals surface area contributed by atoms with Crippen molar-refractivity contribution in [3.63, 3.8) is 0 Å². The van der Waals surface area contributed by atoms with Gasteiger partial charge in [-0.05, 0) is 57.4 Å². The van der Waals surface area contributed by atoms with Crippen LogP contribution in [0.1, 0.15) is 41.8 Å². The number of benzene rings is 1. The van der Waals surface area contributed by atoms with Gasteiger partial charge in [0.25, 0.3) is 5.91 Å². The number of amides is 2. The molecule has 4 N–H and O–H groups in total. The topological polar surface area (TPSA) is 103 Å². The number of H-pyrrole nitrogens is 1. The molecule has 1 aromatic carbocycles. The van der Waals surface area contributed by atoms with Crippen molar-refractivity contribution in [1.29, 1.82) is 0 Å². The molecule has 4 rings (SSSR count). The molecule has 0 bridgehead atoms. The third-order valence-corrected chi connectivity index (χ3v) is 5.44. The Morgan fingerprint density at radius 3 is 2.86 bits per heavy atom. The molecule has 152 valence electrons. The Labute approximate surface area is 167 Å². The maximum absolute atomic E-state index is 13.6. The Morgan fingerprint density at radius 1 is 1.34 bits per heavy atom. The number of fused-ring (bicyclic) bond motifs is 1. The molecule has 0 spiro atoms. The molecule has 2 atom stereocenters. The van der Waals surface area contributed by atoms with E-state index in [0.29, 0.717) is 52.4 Å². The number of aliphatic hydroxyl groups is 1. The van der Waals surface area contributed by atoms with Crippen LogP contribution in [0.3, 0.4) is 0 Å². The average Bonchev–Trinajstić information content (AvgIpc) is 3.28. The number of halogens is 1. The fourth-order valence-corrected chi connectivity index (χ4v) is 3.88. The van der Waals surface area contributed by atoms with Gasteiger partial charge in [-0.2, -0.15) is 0 Å². The average molecular weight is 399 g/mol. The van der Waals surface area contributed by atoms with Crippen molar-refractivity contribution in [3.05, 3.63) is 46.5 Å². The second-order valence-electron chi connectivity index (χ2n) is 7.46. The summed E-state index contributed by atoms with van der Waals surface area (Å²) in [4.78, 5) is 27.7. The van der Waals surface area contributed by atoms with E-state index in [2.05, 4.69) is 15.6 Å². The second-order valence-corrected chi connectivity index (χ2v) is 7.46. The zero-order valence-corrected chi connectivity index (χ0v) is 16.1. The van der Waals surface area contributed by atoms with Crippen LogP contribution in [-0.2, 0) is 4.79 Å². The lowest BCUT2D eigenvalue weighted by Gasteiger charge is -2.16. The predicted octanol–water partition coefficient (Wildman–Crippen LogP) is 3.27. The summed E-state index contributed by atoms with van der Waals surface area (Å²) in [6, 6.07) is 3.81. The van der Waals surface area contributed by atoms with Gasteiger partial charge < -0.3 is 25.5 Å². The number of aromatic amines is 1. The Balaban J connectivity index is 1.58. The number of aromatic nitrogens is 1. The van der Waals surface area contributed by atoms with Gasteiger partial charge in [0.05, 0.1) is 23.4 Å². The third kappa shape index (κ3) is 3.63. The van der Waals surface area contributed by atoms with Crippen molar-refractivity contribution in [1.82, 2.24) is 10.3 Å². The monoisotopic (exact) mass is 399 g/mol. The first-order chi connectivity index (χ1) is 13.8. The van der Waals surface area contributed by atoms with E-state index in [0.717, 1.165) is 6.42 Å². The van der Waals surface area contributed by atoms with Crippen LogP contribution in [0.4, 0.5) is 14.9 Å². The highest BCUT2D eigenvalue weighted by Crippen LogP contribution is 2.35. The van der Waals surface area contributed by atoms with Gasteiger partial charge in [-0.1, -0.05) is 0 Å². The van der Waals surface area contributed by atoms with Gasteiger partial charge in [-0.15, -0.1) is 0 Å². The third-order valence-electron chi connectivity index (χ3n) is 5.44. The van der Waals surface area contributed by atoms with Crippen molar-refractivity contribution in [2.75, 3.05) is 5.32 Å². The van der Waals surface area contributed by atoms with E-state index >= 15 is 0 Å². The minimum atomic E-state index is -0.633. The summed E-state index contributed by atoms with van der Waals surface area (Å²) in [5, 5.41) is 15.3. The molecule has 0 unspecified atom stereocenters. The van der Waals surface area contributed by atoms with Crippen LogP contribution in [0, 0.1) is 19.7 Å². The summed E-state index contributed by atoms with van der Waals surface area (Å²) in [7, 11) is 0. The van der Waals surface area contributed by atoms with Gasteiger partial charge in [0.2, 0.25) is 0 Å². The Morgan fingerprint density at radius 2 is 2.14 bits per heavy atom. The number of aryl methyl sites for hydroxylation is 1. The Bertz CT molecular complexity index is 1030. The molecule has 0 saturated heterocycles. The van der Waals surface area contributed by atoms with Gasteiger partial charge in [0.1, 0.15) is 5.82 Å². The second kappa shape index (κ2) is 7.36. The minimum Gasteiger partial charge on any atom is -0.408 e. The van der Waals surface area contributed by atoms with Gasteiger partial charge in [0, 0.05) is 22.5 Å². The fraction of sp³-hybridized carbons (Fsp3) is 0.333. The first-order valence-corrected chi connectivity index (χ1v) is 9.52. The minimum absolute atomic E-state index is 0.308. The van der Waals surface area contributed by atoms with Crippen LogP contribution in [0.5, 0.6) is 5.75 Å². The zero-order chi connectivity index (χ0) is 20.7. The lowest BCUT2D eigenvalue weighted by molar-refractivity contribution is -0.110. The molecule has 8 heteroatoms. The van der Waals surface area contributed by atoms with E-state index in [4.69, 9.17) is 4.74 Å². The highest BCUT2D eigenvalue weighted by molar-refractivity contribution is 6.34. The number of ether oxygens (including phenoxy) is 1. The summed E-state index contributed by atoms with van der Waals surface area (Å²) < 4.78 is 19.1. The van der Waals surface area contributed by atoms with Crippen molar-refractivity contribution in [2.45, 2.75) is 45.3 Å². The predicted molar refractivity (Wildman–Crippen MR) is 106 cm³/mol. The van der Waals surface area contributed by atoms with Crippen molar-refractivity contribution >= 4 is 29.3 Å². The number of anilines is 1.